The van der Waals surface area contributed by atoms with Crippen molar-refractivity contribution in [3.8, 4) is 0 Å². The second-order valence-electron chi connectivity index (χ2n) is 4.87. The molecule has 0 aliphatic carbocycles. The smallest absolute Gasteiger partial charge is 0.321 e. The van der Waals surface area contributed by atoms with Gasteiger partial charge in [-0.2, -0.15) is 0 Å². The molecule has 0 spiro atoms. The van der Waals surface area contributed by atoms with Gasteiger partial charge in [-0.1, -0.05) is 18.6 Å². The highest BCUT2D eigenvalue weighted by Gasteiger charge is 2.06. The average Bonchev–Trinajstić information content (AvgIpc) is 2.92. The van der Waals surface area contributed by atoms with E-state index in [0.29, 0.717) is 18.9 Å². The van der Waals surface area contributed by atoms with E-state index in [-0.39, 0.29) is 12.0 Å². The minimum atomic E-state index is -0.299. The fourth-order valence-corrected chi connectivity index (χ4v) is 2.04. The molecule has 0 atom stereocenters. The van der Waals surface area contributed by atoms with Gasteiger partial charge in [0.25, 0.3) is 0 Å². The number of methoxy groups -OCH3 is 1. The number of anilines is 1. The minimum Gasteiger partial charge on any atom is -0.469 e. The molecule has 7 heteroatoms. The summed E-state index contributed by atoms with van der Waals surface area (Å²) in [7, 11) is 1.38. The number of nitrogens with one attached hydrogen (secondary N) is 3. The second kappa shape index (κ2) is 8.02. The summed E-state index contributed by atoms with van der Waals surface area (Å²) in [6.45, 7) is 0.549. The van der Waals surface area contributed by atoms with Gasteiger partial charge in [0, 0.05) is 13.0 Å². The first kappa shape index (κ1) is 15.8. The molecule has 0 unspecified atom stereocenters. The highest BCUT2D eigenvalue weighted by molar-refractivity contribution is 5.89. The number of unbranched alkanes of at least 4 members (excludes halogenated alkanes) is 2. The normalized spacial score (nSPS) is 10.4. The van der Waals surface area contributed by atoms with Gasteiger partial charge in [0.15, 0.2) is 0 Å². The number of benzene rings is 1. The van der Waals surface area contributed by atoms with Crippen molar-refractivity contribution in [2.75, 3.05) is 19.0 Å². The molecule has 0 saturated heterocycles. The van der Waals surface area contributed by atoms with Crippen LogP contribution in [0.5, 0.6) is 0 Å². The summed E-state index contributed by atoms with van der Waals surface area (Å²) >= 11 is 0. The predicted octanol–water partition coefficient (Wildman–Crippen LogP) is 2.42. The molecule has 3 N–H and O–H groups in total. The Balaban J connectivity index is 1.64. The third-order valence-electron chi connectivity index (χ3n) is 3.19. The minimum absolute atomic E-state index is 0.199. The lowest BCUT2D eigenvalue weighted by Gasteiger charge is -2.05. The van der Waals surface area contributed by atoms with E-state index in [9.17, 15) is 9.59 Å². The van der Waals surface area contributed by atoms with Crippen molar-refractivity contribution in [2.24, 2.45) is 0 Å². The van der Waals surface area contributed by atoms with E-state index >= 15 is 0 Å². The lowest BCUT2D eigenvalue weighted by atomic mass is 10.2. The third kappa shape index (κ3) is 4.76. The van der Waals surface area contributed by atoms with Crippen LogP contribution in [0.25, 0.3) is 11.0 Å². The fraction of sp³-hybridized carbons (Fsp3) is 0.400. The fourth-order valence-electron chi connectivity index (χ4n) is 2.04. The lowest BCUT2D eigenvalue weighted by Crippen LogP contribution is -2.29. The van der Waals surface area contributed by atoms with E-state index in [4.69, 9.17) is 0 Å². The maximum absolute atomic E-state index is 11.7. The Morgan fingerprint density at radius 3 is 2.82 bits per heavy atom. The highest BCUT2D eigenvalue weighted by atomic mass is 16.5. The highest BCUT2D eigenvalue weighted by Crippen LogP contribution is 2.12. The second-order valence-corrected chi connectivity index (χ2v) is 4.87. The number of aromatic amines is 1. The molecule has 7 nitrogen and oxygen atoms in total. The Kier molecular flexibility index (Phi) is 5.76. The zero-order chi connectivity index (χ0) is 15.8. The first-order valence-electron chi connectivity index (χ1n) is 7.25. The molecule has 1 aromatic heterocycles. The summed E-state index contributed by atoms with van der Waals surface area (Å²) in [5.41, 5.74) is 1.68. The number of para-hydroxylation sites is 2. The van der Waals surface area contributed by atoms with Crippen LogP contribution in [0.4, 0.5) is 10.7 Å². The summed E-state index contributed by atoms with van der Waals surface area (Å²) in [6, 6.07) is 7.26. The molecule has 0 fully saturated rings. The van der Waals surface area contributed by atoms with Crippen LogP contribution in [0.3, 0.4) is 0 Å². The van der Waals surface area contributed by atoms with Crippen LogP contribution < -0.4 is 10.6 Å². The maximum atomic E-state index is 11.7. The quantitative estimate of drug-likeness (QED) is 0.540. The number of imidazole rings is 1. The van der Waals surface area contributed by atoms with Gasteiger partial charge in [-0.25, -0.2) is 9.78 Å². The van der Waals surface area contributed by atoms with Crippen LogP contribution in [0.2, 0.25) is 0 Å². The molecular formula is C15H20N4O3. The van der Waals surface area contributed by atoms with E-state index in [1.165, 1.54) is 7.11 Å². The lowest BCUT2D eigenvalue weighted by molar-refractivity contribution is -0.140. The maximum Gasteiger partial charge on any atom is 0.321 e. The zero-order valence-electron chi connectivity index (χ0n) is 12.5. The number of hydrogen-bond acceptors (Lipinski definition) is 4. The predicted molar refractivity (Wildman–Crippen MR) is 83.6 cm³/mol. The molecule has 0 saturated carbocycles. The summed E-state index contributed by atoms with van der Waals surface area (Å²) in [6.07, 6.45) is 2.85. The number of H-pyrrole nitrogens is 1. The zero-order valence-corrected chi connectivity index (χ0v) is 12.5. The van der Waals surface area contributed by atoms with Crippen molar-refractivity contribution in [1.29, 1.82) is 0 Å². The van der Waals surface area contributed by atoms with Crippen LogP contribution in [-0.2, 0) is 9.53 Å². The Morgan fingerprint density at radius 2 is 2.05 bits per heavy atom. The molecule has 1 heterocycles. The largest absolute Gasteiger partial charge is 0.469 e. The van der Waals surface area contributed by atoms with Crippen LogP contribution >= 0.6 is 0 Å². The number of hydrogen-bond donors (Lipinski definition) is 3. The number of fused-ring (bicyclic) bond motifs is 1. The standard InChI is InChI=1S/C15H20N4O3/c1-22-13(20)9-3-2-6-10-16-15(21)19-14-17-11-7-4-5-8-12(11)18-14/h4-5,7-8H,2-3,6,9-10H2,1H3,(H3,16,17,18,19,21). The molecule has 2 rings (SSSR count). The monoisotopic (exact) mass is 304 g/mol. The van der Waals surface area contributed by atoms with Crippen molar-refractivity contribution in [1.82, 2.24) is 15.3 Å². The average molecular weight is 304 g/mol. The molecule has 0 radical (unpaired) electrons. The molecule has 2 aromatic rings. The van der Waals surface area contributed by atoms with E-state index in [2.05, 4.69) is 25.3 Å². The number of esters is 1. The van der Waals surface area contributed by atoms with Gasteiger partial charge in [-0.3, -0.25) is 10.1 Å². The SMILES string of the molecule is COC(=O)CCCCCNC(=O)Nc1nc2ccccc2[nH]1. The third-order valence-corrected chi connectivity index (χ3v) is 3.19. The number of ether oxygens (including phenoxy) is 1. The Labute approximate surface area is 128 Å². The molecule has 2 amide bonds. The van der Waals surface area contributed by atoms with E-state index in [1.807, 2.05) is 24.3 Å². The van der Waals surface area contributed by atoms with Crippen LogP contribution in [0, 0.1) is 0 Å². The van der Waals surface area contributed by atoms with Gasteiger partial charge in [-0.05, 0) is 25.0 Å². The number of urea groups is 1. The van der Waals surface area contributed by atoms with Crippen LogP contribution in [-0.4, -0.2) is 35.6 Å². The van der Waals surface area contributed by atoms with Gasteiger partial charge < -0.3 is 15.0 Å². The summed E-state index contributed by atoms with van der Waals surface area (Å²) in [5, 5.41) is 5.41. The number of rotatable bonds is 7. The molecule has 22 heavy (non-hydrogen) atoms. The van der Waals surface area contributed by atoms with Crippen molar-refractivity contribution in [3.05, 3.63) is 24.3 Å². The number of carbonyl (C=O) groups excluding carboxylic acids is 2. The number of amides is 2. The van der Waals surface area contributed by atoms with Crippen molar-refractivity contribution >= 4 is 29.0 Å². The van der Waals surface area contributed by atoms with Crippen LogP contribution in [0.15, 0.2) is 24.3 Å². The molecule has 1 aromatic carbocycles. The Morgan fingerprint density at radius 1 is 1.23 bits per heavy atom. The molecular weight excluding hydrogens is 284 g/mol. The molecule has 0 aliphatic heterocycles. The van der Waals surface area contributed by atoms with Gasteiger partial charge in [0.05, 0.1) is 18.1 Å². The summed E-state index contributed by atoms with van der Waals surface area (Å²) < 4.78 is 4.56. The molecule has 118 valence electrons. The van der Waals surface area contributed by atoms with Crippen molar-refractivity contribution < 1.29 is 14.3 Å². The van der Waals surface area contributed by atoms with Crippen molar-refractivity contribution in [2.45, 2.75) is 25.7 Å². The van der Waals surface area contributed by atoms with E-state index < -0.39 is 0 Å². The molecule has 0 bridgehead atoms. The summed E-state index contributed by atoms with van der Waals surface area (Å²) in [4.78, 5) is 29.9. The van der Waals surface area contributed by atoms with E-state index in [0.717, 1.165) is 30.3 Å². The number of aromatic nitrogens is 2. The van der Waals surface area contributed by atoms with Crippen molar-refractivity contribution in [3.63, 3.8) is 0 Å². The first-order valence-corrected chi connectivity index (χ1v) is 7.25. The summed E-state index contributed by atoms with van der Waals surface area (Å²) in [5.74, 6) is 0.222. The number of nitrogens with zero attached hydrogens (tertiary/aromatic N) is 1. The van der Waals surface area contributed by atoms with Gasteiger partial charge in [-0.15, -0.1) is 0 Å². The van der Waals surface area contributed by atoms with Gasteiger partial charge in [0.1, 0.15) is 0 Å². The topological polar surface area (TPSA) is 96.1 Å². The van der Waals surface area contributed by atoms with Gasteiger partial charge in [0.2, 0.25) is 5.95 Å². The first-order chi connectivity index (χ1) is 10.7. The Hall–Kier alpha value is -2.57. The van der Waals surface area contributed by atoms with Gasteiger partial charge >= 0.3 is 12.0 Å². The Bertz CT molecular complexity index is 606. The van der Waals surface area contributed by atoms with Crippen LogP contribution in [0.1, 0.15) is 25.7 Å². The van der Waals surface area contributed by atoms with E-state index in [1.54, 1.807) is 0 Å². The number of carbonyl (C=O) groups is 2. The molecule has 0 aliphatic rings.